The summed E-state index contributed by atoms with van der Waals surface area (Å²) in [6.07, 6.45) is 4.09. The number of carbonyl (C=O) groups is 1. The summed E-state index contributed by atoms with van der Waals surface area (Å²) in [6, 6.07) is 0. The second-order valence-corrected chi connectivity index (χ2v) is 3.98. The van der Waals surface area contributed by atoms with Gasteiger partial charge in [-0.1, -0.05) is 0 Å². The molecule has 5 heteroatoms. The summed E-state index contributed by atoms with van der Waals surface area (Å²) in [5.41, 5.74) is 0. The number of rotatable bonds is 2. The van der Waals surface area contributed by atoms with E-state index in [0.29, 0.717) is 4.88 Å². The molecular weight excluding hydrogens is 192 g/mol. The van der Waals surface area contributed by atoms with E-state index in [0.717, 1.165) is 16.3 Å². The average molecular weight is 196 g/mol. The van der Waals surface area contributed by atoms with Gasteiger partial charge in [0.1, 0.15) is 0 Å². The molecule has 0 spiro atoms. The molecule has 0 fully saturated rings. The standard InChI is InChI=1S/C7H4N2OS2/c10-4-5-3-9-7(12-5)6-8-1-2-11-6/h1-4H. The van der Waals surface area contributed by atoms with Gasteiger partial charge < -0.3 is 0 Å². The van der Waals surface area contributed by atoms with Crippen molar-refractivity contribution >= 4 is 29.0 Å². The van der Waals surface area contributed by atoms with Crippen LogP contribution in [0.4, 0.5) is 0 Å². The van der Waals surface area contributed by atoms with Gasteiger partial charge in [-0.2, -0.15) is 0 Å². The largest absolute Gasteiger partial charge is 0.297 e. The zero-order valence-corrected chi connectivity index (χ0v) is 7.56. The van der Waals surface area contributed by atoms with E-state index in [-0.39, 0.29) is 0 Å². The van der Waals surface area contributed by atoms with Crippen molar-refractivity contribution in [3.05, 3.63) is 22.7 Å². The van der Waals surface area contributed by atoms with Gasteiger partial charge in [0, 0.05) is 17.8 Å². The van der Waals surface area contributed by atoms with Crippen molar-refractivity contribution in [1.29, 1.82) is 0 Å². The predicted octanol–water partition coefficient (Wildman–Crippen LogP) is 2.08. The molecule has 0 aromatic carbocycles. The lowest BCUT2D eigenvalue weighted by atomic mass is 10.6. The Morgan fingerprint density at radius 2 is 2.25 bits per heavy atom. The monoisotopic (exact) mass is 196 g/mol. The highest BCUT2D eigenvalue weighted by molar-refractivity contribution is 7.21. The molecule has 0 saturated heterocycles. The Balaban J connectivity index is 2.41. The number of nitrogens with zero attached hydrogens (tertiary/aromatic N) is 2. The van der Waals surface area contributed by atoms with Gasteiger partial charge in [-0.05, 0) is 0 Å². The quantitative estimate of drug-likeness (QED) is 0.691. The van der Waals surface area contributed by atoms with Crippen LogP contribution in [0.5, 0.6) is 0 Å². The van der Waals surface area contributed by atoms with Gasteiger partial charge in [-0.15, -0.1) is 22.7 Å². The molecule has 0 aliphatic heterocycles. The SMILES string of the molecule is O=Cc1cnc(-c2nccs2)s1. The lowest BCUT2D eigenvalue weighted by Crippen LogP contribution is -1.68. The molecule has 60 valence electrons. The number of hydrogen-bond acceptors (Lipinski definition) is 5. The van der Waals surface area contributed by atoms with Crippen LogP contribution in [0.25, 0.3) is 10.0 Å². The lowest BCUT2D eigenvalue weighted by molar-refractivity contribution is 0.112. The first-order valence-corrected chi connectivity index (χ1v) is 4.90. The van der Waals surface area contributed by atoms with Gasteiger partial charge in [-0.3, -0.25) is 4.79 Å². The fraction of sp³-hybridized carbons (Fsp3) is 0. The predicted molar refractivity (Wildman–Crippen MR) is 48.6 cm³/mol. The lowest BCUT2D eigenvalue weighted by Gasteiger charge is -1.82. The van der Waals surface area contributed by atoms with Crippen LogP contribution in [0.1, 0.15) is 9.67 Å². The van der Waals surface area contributed by atoms with Crippen molar-refractivity contribution in [1.82, 2.24) is 9.97 Å². The fourth-order valence-electron chi connectivity index (χ4n) is 0.769. The highest BCUT2D eigenvalue weighted by atomic mass is 32.1. The van der Waals surface area contributed by atoms with Crippen LogP contribution in [-0.4, -0.2) is 16.3 Å². The van der Waals surface area contributed by atoms with Crippen LogP contribution < -0.4 is 0 Å². The number of thiazole rings is 2. The van der Waals surface area contributed by atoms with E-state index in [1.807, 2.05) is 5.38 Å². The first-order valence-electron chi connectivity index (χ1n) is 3.21. The van der Waals surface area contributed by atoms with Crippen LogP contribution in [0.15, 0.2) is 17.8 Å². The molecule has 0 saturated carbocycles. The molecular formula is C7H4N2OS2. The van der Waals surface area contributed by atoms with E-state index in [1.54, 1.807) is 12.4 Å². The van der Waals surface area contributed by atoms with E-state index in [1.165, 1.54) is 22.7 Å². The van der Waals surface area contributed by atoms with E-state index in [4.69, 9.17) is 0 Å². The zero-order valence-electron chi connectivity index (χ0n) is 5.93. The zero-order chi connectivity index (χ0) is 8.39. The minimum atomic E-state index is 0.639. The highest BCUT2D eigenvalue weighted by Gasteiger charge is 2.05. The summed E-state index contributed by atoms with van der Waals surface area (Å²) in [6.45, 7) is 0. The Labute approximate surface area is 76.7 Å². The third-order valence-corrected chi connectivity index (χ3v) is 3.09. The van der Waals surface area contributed by atoms with Gasteiger partial charge in [-0.25, -0.2) is 9.97 Å². The van der Waals surface area contributed by atoms with Crippen molar-refractivity contribution in [3.8, 4) is 10.0 Å². The van der Waals surface area contributed by atoms with Gasteiger partial charge in [0.05, 0.1) is 4.88 Å². The molecule has 2 aromatic heterocycles. The van der Waals surface area contributed by atoms with Crippen LogP contribution >= 0.6 is 22.7 Å². The molecule has 3 nitrogen and oxygen atoms in total. The molecule has 0 amide bonds. The second kappa shape index (κ2) is 3.12. The van der Waals surface area contributed by atoms with Crippen molar-refractivity contribution in [2.24, 2.45) is 0 Å². The Hall–Kier alpha value is -1.07. The smallest absolute Gasteiger partial charge is 0.161 e. The highest BCUT2D eigenvalue weighted by Crippen LogP contribution is 2.25. The summed E-state index contributed by atoms with van der Waals surface area (Å²) >= 11 is 2.88. The molecule has 12 heavy (non-hydrogen) atoms. The normalized spacial score (nSPS) is 10.0. The van der Waals surface area contributed by atoms with Crippen molar-refractivity contribution in [3.63, 3.8) is 0 Å². The Kier molecular flexibility index (Phi) is 1.97. The Morgan fingerprint density at radius 3 is 2.83 bits per heavy atom. The second-order valence-electron chi connectivity index (χ2n) is 2.02. The first-order chi connectivity index (χ1) is 5.90. The van der Waals surface area contributed by atoms with Crippen LogP contribution in [0.3, 0.4) is 0 Å². The molecule has 0 aliphatic carbocycles. The van der Waals surface area contributed by atoms with Crippen molar-refractivity contribution in [2.45, 2.75) is 0 Å². The molecule has 2 heterocycles. The first kappa shape index (κ1) is 7.57. The number of aldehydes is 1. The van der Waals surface area contributed by atoms with Gasteiger partial charge in [0.2, 0.25) is 0 Å². The third-order valence-electron chi connectivity index (χ3n) is 1.25. The summed E-state index contributed by atoms with van der Waals surface area (Å²) in [7, 11) is 0. The van der Waals surface area contributed by atoms with Gasteiger partial charge in [0.25, 0.3) is 0 Å². The third kappa shape index (κ3) is 1.28. The van der Waals surface area contributed by atoms with Crippen molar-refractivity contribution in [2.75, 3.05) is 0 Å². The molecule has 0 bridgehead atoms. The fourth-order valence-corrected chi connectivity index (χ4v) is 2.19. The molecule has 2 aromatic rings. The summed E-state index contributed by atoms with van der Waals surface area (Å²) < 4.78 is 0. The van der Waals surface area contributed by atoms with E-state index in [9.17, 15) is 4.79 Å². The Morgan fingerprint density at radius 1 is 1.33 bits per heavy atom. The summed E-state index contributed by atoms with van der Waals surface area (Å²) in [5, 5.41) is 3.57. The molecule has 0 N–H and O–H groups in total. The van der Waals surface area contributed by atoms with E-state index < -0.39 is 0 Å². The average Bonchev–Trinajstić information content (AvgIpc) is 2.75. The minimum Gasteiger partial charge on any atom is -0.297 e. The Bertz CT molecular complexity index is 380. The van der Waals surface area contributed by atoms with Crippen LogP contribution in [0.2, 0.25) is 0 Å². The van der Waals surface area contributed by atoms with Crippen LogP contribution in [-0.2, 0) is 0 Å². The van der Waals surface area contributed by atoms with Crippen LogP contribution in [0, 0.1) is 0 Å². The van der Waals surface area contributed by atoms with Gasteiger partial charge in [0.15, 0.2) is 16.3 Å². The maximum absolute atomic E-state index is 10.3. The maximum Gasteiger partial charge on any atom is 0.161 e. The number of aromatic nitrogens is 2. The van der Waals surface area contributed by atoms with E-state index >= 15 is 0 Å². The molecule has 0 radical (unpaired) electrons. The molecule has 0 aliphatic rings. The van der Waals surface area contributed by atoms with Crippen molar-refractivity contribution < 1.29 is 4.79 Å². The van der Waals surface area contributed by atoms with E-state index in [2.05, 4.69) is 9.97 Å². The topological polar surface area (TPSA) is 42.9 Å². The van der Waals surface area contributed by atoms with Gasteiger partial charge >= 0.3 is 0 Å². The summed E-state index contributed by atoms with van der Waals surface area (Å²) in [5.74, 6) is 0. The maximum atomic E-state index is 10.3. The summed E-state index contributed by atoms with van der Waals surface area (Å²) in [4.78, 5) is 19.1. The number of hydrogen-bond donors (Lipinski definition) is 0. The molecule has 0 atom stereocenters. The number of carbonyl (C=O) groups excluding carboxylic acids is 1. The molecule has 2 rings (SSSR count). The molecule has 0 unspecified atom stereocenters. The minimum absolute atomic E-state index is 0.639.